The van der Waals surface area contributed by atoms with Crippen molar-refractivity contribution in [3.8, 4) is 11.5 Å². The van der Waals surface area contributed by atoms with Gasteiger partial charge < -0.3 is 19.5 Å². The first-order valence-corrected chi connectivity index (χ1v) is 7.03. The highest BCUT2D eigenvalue weighted by atomic mass is 16.6. The number of hydrogen-bond donors (Lipinski definition) is 1. The van der Waals surface area contributed by atoms with Gasteiger partial charge in [0, 0.05) is 24.1 Å². The molecule has 0 aliphatic carbocycles. The van der Waals surface area contributed by atoms with E-state index in [1.54, 1.807) is 0 Å². The molecule has 0 bridgehead atoms. The minimum atomic E-state index is 0.261. The fourth-order valence-electron chi connectivity index (χ4n) is 3.01. The van der Waals surface area contributed by atoms with Crippen molar-refractivity contribution in [3.05, 3.63) is 23.8 Å². The van der Waals surface area contributed by atoms with Crippen LogP contribution in [0.1, 0.15) is 24.4 Å². The van der Waals surface area contributed by atoms with Gasteiger partial charge in [-0.25, -0.2) is 0 Å². The smallest absolute Gasteiger partial charge is 0.166 e. The van der Waals surface area contributed by atoms with Crippen molar-refractivity contribution in [3.63, 3.8) is 0 Å². The van der Waals surface area contributed by atoms with E-state index < -0.39 is 0 Å². The first-order valence-electron chi connectivity index (χ1n) is 7.03. The quantitative estimate of drug-likeness (QED) is 0.907. The summed E-state index contributed by atoms with van der Waals surface area (Å²) >= 11 is 0. The molecule has 1 saturated heterocycles. The molecule has 3 rings (SSSR count). The molecule has 1 aromatic rings. The molecule has 19 heavy (non-hydrogen) atoms. The Bertz CT molecular complexity index is 429. The number of fused-ring (bicyclic) bond motifs is 1. The minimum absolute atomic E-state index is 0.261. The number of rotatable bonds is 3. The minimum Gasteiger partial charge on any atom is -0.486 e. The summed E-state index contributed by atoms with van der Waals surface area (Å²) in [4.78, 5) is 0. The zero-order chi connectivity index (χ0) is 13.1. The van der Waals surface area contributed by atoms with E-state index >= 15 is 0 Å². The Labute approximate surface area is 114 Å². The fraction of sp³-hybridized carbons (Fsp3) is 0.600. The van der Waals surface area contributed by atoms with Gasteiger partial charge in [0.2, 0.25) is 0 Å². The Morgan fingerprint density at radius 3 is 2.89 bits per heavy atom. The Kier molecular flexibility index (Phi) is 3.89. The largest absolute Gasteiger partial charge is 0.486 e. The molecule has 2 aliphatic heterocycles. The molecular weight excluding hydrogens is 242 g/mol. The number of benzene rings is 1. The monoisotopic (exact) mass is 263 g/mol. The lowest BCUT2D eigenvalue weighted by Gasteiger charge is -2.32. The van der Waals surface area contributed by atoms with Crippen LogP contribution in [0.2, 0.25) is 0 Å². The van der Waals surface area contributed by atoms with Crippen LogP contribution in [0.4, 0.5) is 0 Å². The first kappa shape index (κ1) is 12.8. The van der Waals surface area contributed by atoms with Gasteiger partial charge in [-0.3, -0.25) is 0 Å². The number of hydrogen-bond acceptors (Lipinski definition) is 4. The summed E-state index contributed by atoms with van der Waals surface area (Å²) in [5.74, 6) is 2.26. The predicted octanol–water partition coefficient (Wildman–Crippen LogP) is 2.14. The van der Waals surface area contributed by atoms with Crippen LogP contribution in [0.15, 0.2) is 18.2 Å². The van der Waals surface area contributed by atoms with Gasteiger partial charge in [0.05, 0.1) is 6.61 Å². The van der Waals surface area contributed by atoms with E-state index in [1.165, 1.54) is 12.0 Å². The molecule has 2 heterocycles. The third-order valence-corrected chi connectivity index (χ3v) is 3.91. The zero-order valence-corrected chi connectivity index (χ0v) is 11.4. The lowest BCUT2D eigenvalue weighted by atomic mass is 9.88. The van der Waals surface area contributed by atoms with Crippen LogP contribution in [-0.2, 0) is 4.74 Å². The molecule has 0 amide bonds. The van der Waals surface area contributed by atoms with Crippen molar-refractivity contribution in [1.82, 2.24) is 5.32 Å². The van der Waals surface area contributed by atoms with Gasteiger partial charge in [0.15, 0.2) is 11.5 Å². The molecule has 2 aliphatic rings. The Balaban J connectivity index is 1.90. The molecule has 4 heteroatoms. The van der Waals surface area contributed by atoms with Crippen molar-refractivity contribution >= 4 is 0 Å². The van der Waals surface area contributed by atoms with Gasteiger partial charge in [-0.05, 0) is 26.0 Å². The maximum atomic E-state index is 5.82. The highest BCUT2D eigenvalue weighted by Gasteiger charge is 2.28. The van der Waals surface area contributed by atoms with E-state index in [9.17, 15) is 0 Å². The van der Waals surface area contributed by atoms with Gasteiger partial charge in [-0.1, -0.05) is 12.1 Å². The van der Waals surface area contributed by atoms with Crippen molar-refractivity contribution in [1.29, 1.82) is 0 Å². The van der Waals surface area contributed by atoms with Crippen LogP contribution < -0.4 is 14.8 Å². The SMILES string of the molecule is CNC(c1cccc2c1OCCO2)C1CCCOC1. The lowest BCUT2D eigenvalue weighted by molar-refractivity contribution is 0.0393. The normalized spacial score (nSPS) is 23.9. The van der Waals surface area contributed by atoms with Crippen LogP contribution in [0.25, 0.3) is 0 Å². The standard InChI is InChI=1S/C15H21NO3/c1-16-14(11-4-3-7-17-10-11)12-5-2-6-13-15(12)19-9-8-18-13/h2,5-6,11,14,16H,3-4,7-10H2,1H3. The van der Waals surface area contributed by atoms with E-state index in [2.05, 4.69) is 11.4 Å². The molecule has 2 atom stereocenters. The van der Waals surface area contributed by atoms with Crippen LogP contribution in [0, 0.1) is 5.92 Å². The van der Waals surface area contributed by atoms with Gasteiger partial charge in [0.25, 0.3) is 0 Å². The summed E-state index contributed by atoms with van der Waals surface area (Å²) in [6, 6.07) is 6.40. The number of ether oxygens (including phenoxy) is 3. The van der Waals surface area contributed by atoms with E-state index in [1.807, 2.05) is 19.2 Å². The zero-order valence-electron chi connectivity index (χ0n) is 11.4. The van der Waals surface area contributed by atoms with E-state index in [-0.39, 0.29) is 6.04 Å². The molecule has 4 nitrogen and oxygen atoms in total. The summed E-state index contributed by atoms with van der Waals surface area (Å²) in [5, 5.41) is 3.42. The predicted molar refractivity (Wildman–Crippen MR) is 72.8 cm³/mol. The summed E-state index contributed by atoms with van der Waals surface area (Å²) in [6.07, 6.45) is 2.32. The third kappa shape index (κ3) is 2.55. The molecular formula is C15H21NO3. The average molecular weight is 263 g/mol. The second kappa shape index (κ2) is 5.80. The van der Waals surface area contributed by atoms with Gasteiger partial charge in [0.1, 0.15) is 13.2 Å². The van der Waals surface area contributed by atoms with Crippen molar-refractivity contribution < 1.29 is 14.2 Å². The molecule has 2 unspecified atom stereocenters. The summed E-state index contributed by atoms with van der Waals surface area (Å²) in [5.41, 5.74) is 1.19. The molecule has 0 radical (unpaired) electrons. The highest BCUT2D eigenvalue weighted by Crippen LogP contribution is 2.40. The van der Waals surface area contributed by atoms with Crippen molar-refractivity contribution in [2.75, 3.05) is 33.5 Å². The van der Waals surface area contributed by atoms with E-state index in [0.717, 1.165) is 31.1 Å². The van der Waals surface area contributed by atoms with Gasteiger partial charge in [-0.2, -0.15) is 0 Å². The molecule has 0 saturated carbocycles. The van der Waals surface area contributed by atoms with Crippen LogP contribution >= 0.6 is 0 Å². The lowest BCUT2D eigenvalue weighted by Crippen LogP contribution is -2.32. The van der Waals surface area contributed by atoms with Crippen LogP contribution in [0.5, 0.6) is 11.5 Å². The van der Waals surface area contributed by atoms with Crippen LogP contribution in [-0.4, -0.2) is 33.5 Å². The van der Waals surface area contributed by atoms with E-state index in [4.69, 9.17) is 14.2 Å². The van der Waals surface area contributed by atoms with E-state index in [0.29, 0.717) is 19.1 Å². The molecule has 1 aromatic carbocycles. The Hall–Kier alpha value is -1.26. The molecule has 1 N–H and O–H groups in total. The van der Waals surface area contributed by atoms with Gasteiger partial charge >= 0.3 is 0 Å². The summed E-state index contributed by atoms with van der Waals surface area (Å²) in [6.45, 7) is 2.96. The fourth-order valence-corrected chi connectivity index (χ4v) is 3.01. The Morgan fingerprint density at radius 2 is 2.11 bits per heavy atom. The van der Waals surface area contributed by atoms with Gasteiger partial charge in [-0.15, -0.1) is 0 Å². The third-order valence-electron chi connectivity index (χ3n) is 3.91. The summed E-state index contributed by atoms with van der Waals surface area (Å²) in [7, 11) is 2.00. The number of para-hydroxylation sites is 1. The maximum Gasteiger partial charge on any atom is 0.166 e. The molecule has 0 aromatic heterocycles. The van der Waals surface area contributed by atoms with Crippen LogP contribution in [0.3, 0.4) is 0 Å². The first-order chi connectivity index (χ1) is 9.40. The summed E-state index contributed by atoms with van der Waals surface area (Å²) < 4.78 is 17.1. The second-order valence-corrected chi connectivity index (χ2v) is 5.11. The van der Waals surface area contributed by atoms with Crippen molar-refractivity contribution in [2.45, 2.75) is 18.9 Å². The Morgan fingerprint density at radius 1 is 1.21 bits per heavy atom. The molecule has 104 valence electrons. The average Bonchev–Trinajstić information content (AvgIpc) is 2.49. The second-order valence-electron chi connectivity index (χ2n) is 5.11. The number of nitrogens with one attached hydrogen (secondary N) is 1. The molecule has 0 spiro atoms. The molecule has 1 fully saturated rings. The van der Waals surface area contributed by atoms with Crippen molar-refractivity contribution in [2.24, 2.45) is 5.92 Å². The maximum absolute atomic E-state index is 5.82. The highest BCUT2D eigenvalue weighted by molar-refractivity contribution is 5.49. The topological polar surface area (TPSA) is 39.7 Å².